The zero-order chi connectivity index (χ0) is 13.7. The van der Waals surface area contributed by atoms with Gasteiger partial charge >= 0.3 is 0 Å². The summed E-state index contributed by atoms with van der Waals surface area (Å²) in [7, 11) is 0. The van der Waals surface area contributed by atoms with Gasteiger partial charge in [-0.15, -0.1) is 0 Å². The average Bonchev–Trinajstić information content (AvgIpc) is 2.48. The Labute approximate surface area is 114 Å². The van der Waals surface area contributed by atoms with Crippen molar-refractivity contribution >= 4 is 0 Å². The number of hydrogen-bond acceptors (Lipinski definition) is 3. The topological polar surface area (TPSA) is 48.1 Å². The van der Waals surface area contributed by atoms with E-state index in [2.05, 4.69) is 17.1 Å². The smallest absolute Gasteiger partial charge is 0.138 e. The number of pyridine rings is 1. The molecule has 1 aromatic heterocycles. The minimum Gasteiger partial charge on any atom is -0.484 e. The van der Waals surface area contributed by atoms with Crippen molar-refractivity contribution in [2.45, 2.75) is 32.4 Å². The summed E-state index contributed by atoms with van der Waals surface area (Å²) in [6, 6.07) is 14.0. The third-order valence-electron chi connectivity index (χ3n) is 3.16. The van der Waals surface area contributed by atoms with Crippen LogP contribution in [0.2, 0.25) is 0 Å². The number of ether oxygens (including phenoxy) is 1. The summed E-state index contributed by atoms with van der Waals surface area (Å²) < 4.78 is 5.87. The van der Waals surface area contributed by atoms with Crippen LogP contribution in [0.3, 0.4) is 0 Å². The highest BCUT2D eigenvalue weighted by atomic mass is 16.5. The molecule has 0 amide bonds. The minimum absolute atomic E-state index is 0.000553. The van der Waals surface area contributed by atoms with Gasteiger partial charge in [-0.25, -0.2) is 0 Å². The van der Waals surface area contributed by atoms with Crippen LogP contribution in [0.25, 0.3) is 0 Å². The summed E-state index contributed by atoms with van der Waals surface area (Å²) in [5.41, 5.74) is 7.99. The van der Waals surface area contributed by atoms with E-state index >= 15 is 0 Å². The van der Waals surface area contributed by atoms with Crippen molar-refractivity contribution in [1.82, 2.24) is 4.98 Å². The van der Waals surface area contributed by atoms with Crippen molar-refractivity contribution in [3.8, 4) is 5.75 Å². The zero-order valence-electron chi connectivity index (χ0n) is 11.4. The van der Waals surface area contributed by atoms with Gasteiger partial charge in [0.1, 0.15) is 11.9 Å². The third kappa shape index (κ3) is 3.55. The van der Waals surface area contributed by atoms with Crippen molar-refractivity contribution in [3.63, 3.8) is 0 Å². The normalized spacial score (nSPS) is 13.8. The van der Waals surface area contributed by atoms with Gasteiger partial charge in [0.05, 0.1) is 11.9 Å². The summed E-state index contributed by atoms with van der Waals surface area (Å²) in [5, 5.41) is 0. The van der Waals surface area contributed by atoms with Crippen LogP contribution in [0.5, 0.6) is 5.75 Å². The van der Waals surface area contributed by atoms with E-state index in [4.69, 9.17) is 10.5 Å². The molecule has 0 saturated carbocycles. The highest BCUT2D eigenvalue weighted by Crippen LogP contribution is 2.22. The molecule has 3 heteroatoms. The second-order valence-corrected chi connectivity index (χ2v) is 4.60. The van der Waals surface area contributed by atoms with Crippen LogP contribution in [-0.2, 0) is 0 Å². The van der Waals surface area contributed by atoms with Crippen LogP contribution in [0.15, 0.2) is 48.7 Å². The third-order valence-corrected chi connectivity index (χ3v) is 3.16. The van der Waals surface area contributed by atoms with Gasteiger partial charge in [-0.1, -0.05) is 37.3 Å². The molecule has 0 fully saturated rings. The lowest BCUT2D eigenvalue weighted by molar-refractivity contribution is 0.226. The molecule has 0 aliphatic carbocycles. The second-order valence-electron chi connectivity index (χ2n) is 4.60. The first-order chi connectivity index (χ1) is 9.20. The molecule has 0 aliphatic rings. The Morgan fingerprint density at radius 3 is 2.47 bits per heavy atom. The lowest BCUT2D eigenvalue weighted by Crippen LogP contribution is -2.10. The van der Waals surface area contributed by atoms with Crippen molar-refractivity contribution in [1.29, 1.82) is 0 Å². The summed E-state index contributed by atoms with van der Waals surface area (Å²) in [4.78, 5) is 4.35. The van der Waals surface area contributed by atoms with Crippen LogP contribution >= 0.6 is 0 Å². The molecule has 2 aromatic rings. The van der Waals surface area contributed by atoms with Crippen LogP contribution in [-0.4, -0.2) is 4.98 Å². The molecule has 0 saturated heterocycles. The molecule has 2 rings (SSSR count). The van der Waals surface area contributed by atoms with Crippen molar-refractivity contribution in [2.24, 2.45) is 5.73 Å². The van der Waals surface area contributed by atoms with Gasteiger partial charge in [0.15, 0.2) is 0 Å². The molecule has 0 spiro atoms. The number of hydrogen-bond donors (Lipinski definition) is 1. The van der Waals surface area contributed by atoms with E-state index in [0.29, 0.717) is 0 Å². The lowest BCUT2D eigenvalue weighted by Gasteiger charge is -2.15. The van der Waals surface area contributed by atoms with Crippen molar-refractivity contribution in [3.05, 3.63) is 59.9 Å². The van der Waals surface area contributed by atoms with Crippen LogP contribution in [0.4, 0.5) is 0 Å². The molecule has 1 unspecified atom stereocenters. The van der Waals surface area contributed by atoms with Crippen molar-refractivity contribution in [2.75, 3.05) is 0 Å². The van der Waals surface area contributed by atoms with E-state index in [1.165, 1.54) is 0 Å². The van der Waals surface area contributed by atoms with Crippen LogP contribution < -0.4 is 10.5 Å². The molecule has 0 radical (unpaired) electrons. The van der Waals surface area contributed by atoms with Crippen LogP contribution in [0, 0.1) is 0 Å². The Balaban J connectivity index is 2.04. The summed E-state index contributed by atoms with van der Waals surface area (Å²) in [6.07, 6.45) is 2.63. The average molecular weight is 256 g/mol. The largest absolute Gasteiger partial charge is 0.484 e. The summed E-state index contributed by atoms with van der Waals surface area (Å²) in [5.74, 6) is 0.767. The molecule has 100 valence electrons. The fourth-order valence-corrected chi connectivity index (χ4v) is 1.89. The Bertz CT molecular complexity index is 496. The van der Waals surface area contributed by atoms with Gasteiger partial charge < -0.3 is 10.5 Å². The molecule has 2 N–H and O–H groups in total. The van der Waals surface area contributed by atoms with E-state index in [0.717, 1.165) is 23.4 Å². The SMILES string of the molecule is CC[C@H](N)c1ccc(OC(C)c2ccccc2)cn1. The molecular weight excluding hydrogens is 236 g/mol. The molecule has 1 aromatic carbocycles. The Hall–Kier alpha value is -1.87. The number of aromatic nitrogens is 1. The first-order valence-electron chi connectivity index (χ1n) is 6.64. The molecule has 0 bridgehead atoms. The molecule has 2 atom stereocenters. The lowest BCUT2D eigenvalue weighted by atomic mass is 10.1. The quantitative estimate of drug-likeness (QED) is 0.888. The highest BCUT2D eigenvalue weighted by molar-refractivity contribution is 5.24. The number of rotatable bonds is 5. The molecule has 3 nitrogen and oxygen atoms in total. The van der Waals surface area contributed by atoms with Crippen LogP contribution in [0.1, 0.15) is 43.7 Å². The number of nitrogens with two attached hydrogens (primary N) is 1. The minimum atomic E-state index is 0.000553. The van der Waals surface area contributed by atoms with E-state index < -0.39 is 0 Å². The monoisotopic (exact) mass is 256 g/mol. The fraction of sp³-hybridized carbons (Fsp3) is 0.312. The van der Waals surface area contributed by atoms with Gasteiger partial charge in [0.2, 0.25) is 0 Å². The Kier molecular flexibility index (Phi) is 4.53. The first-order valence-corrected chi connectivity index (χ1v) is 6.64. The van der Waals surface area contributed by atoms with Crippen molar-refractivity contribution < 1.29 is 4.74 Å². The maximum atomic E-state index is 5.93. The molecule has 1 heterocycles. The fourth-order valence-electron chi connectivity index (χ4n) is 1.89. The van der Waals surface area contributed by atoms with Gasteiger partial charge in [-0.2, -0.15) is 0 Å². The maximum Gasteiger partial charge on any atom is 0.138 e. The molecule has 0 aliphatic heterocycles. The first kappa shape index (κ1) is 13.6. The van der Waals surface area contributed by atoms with Gasteiger partial charge in [0, 0.05) is 6.04 Å². The second kappa shape index (κ2) is 6.34. The standard InChI is InChI=1S/C16H20N2O/c1-3-15(17)16-10-9-14(11-18-16)19-12(2)13-7-5-4-6-8-13/h4-12,15H,3,17H2,1-2H3/t12?,15-/m0/s1. The summed E-state index contributed by atoms with van der Waals surface area (Å²) in [6.45, 7) is 4.08. The number of benzene rings is 1. The molecular formula is C16H20N2O. The summed E-state index contributed by atoms with van der Waals surface area (Å²) >= 11 is 0. The van der Waals surface area contributed by atoms with Gasteiger partial charge in [-0.3, -0.25) is 4.98 Å². The number of nitrogens with zero attached hydrogens (tertiary/aromatic N) is 1. The Morgan fingerprint density at radius 1 is 1.16 bits per heavy atom. The molecule has 19 heavy (non-hydrogen) atoms. The van der Waals surface area contributed by atoms with E-state index in [9.17, 15) is 0 Å². The highest BCUT2D eigenvalue weighted by Gasteiger charge is 2.08. The van der Waals surface area contributed by atoms with Gasteiger partial charge in [-0.05, 0) is 31.0 Å². The predicted molar refractivity (Wildman–Crippen MR) is 76.9 cm³/mol. The Morgan fingerprint density at radius 2 is 1.89 bits per heavy atom. The maximum absolute atomic E-state index is 5.93. The zero-order valence-corrected chi connectivity index (χ0v) is 11.4. The van der Waals surface area contributed by atoms with E-state index in [1.807, 2.05) is 44.2 Å². The van der Waals surface area contributed by atoms with E-state index in [1.54, 1.807) is 6.20 Å². The van der Waals surface area contributed by atoms with E-state index in [-0.39, 0.29) is 12.1 Å². The van der Waals surface area contributed by atoms with Gasteiger partial charge in [0.25, 0.3) is 0 Å². The predicted octanol–water partition coefficient (Wildman–Crippen LogP) is 3.63.